The van der Waals surface area contributed by atoms with E-state index in [1.165, 1.54) is 128 Å². The Labute approximate surface area is 240 Å². The Bertz CT molecular complexity index is 507. The molecule has 0 heterocycles. The molecule has 0 spiro atoms. The van der Waals surface area contributed by atoms with Gasteiger partial charge in [-0.15, -0.1) is 0 Å². The van der Waals surface area contributed by atoms with E-state index in [1.54, 1.807) is 0 Å². The maximum Gasteiger partial charge on any atom is 0.0459 e. The predicted molar refractivity (Wildman–Crippen MR) is 168 cm³/mol. The van der Waals surface area contributed by atoms with Crippen molar-refractivity contribution in [2.75, 3.05) is 13.2 Å². The van der Waals surface area contributed by atoms with Gasteiger partial charge in [0.25, 0.3) is 0 Å². The van der Waals surface area contributed by atoms with Crippen LogP contribution in [-0.4, -0.2) is 23.4 Å². The lowest BCUT2D eigenvalue weighted by Crippen LogP contribution is -2.18. The zero-order chi connectivity index (χ0) is 28.2. The molecule has 2 aliphatic carbocycles. The van der Waals surface area contributed by atoms with Crippen LogP contribution in [0.5, 0.6) is 0 Å². The van der Waals surface area contributed by atoms with E-state index >= 15 is 0 Å². The first kappa shape index (κ1) is 35.9. The van der Waals surface area contributed by atoms with Crippen LogP contribution in [0.4, 0.5) is 0 Å². The Morgan fingerprint density at radius 3 is 1.37 bits per heavy atom. The maximum atomic E-state index is 9.26. The van der Waals surface area contributed by atoms with Crippen LogP contribution < -0.4 is 0 Å². The van der Waals surface area contributed by atoms with E-state index in [4.69, 9.17) is 5.11 Å². The standard InChI is InChI=1S/2C18H36O/c1-15(2)7-4-8-16(3)9-5-10-17-11-6-12-18(13-17)14-19;1-15(2)6-4-7-16(3)8-5-9-17-10-12-18(14-19)13-11-17/h2*15-19H,4-14H2,1-3H3. The van der Waals surface area contributed by atoms with Gasteiger partial charge >= 0.3 is 0 Å². The molecule has 2 aliphatic rings. The molecule has 4 unspecified atom stereocenters. The van der Waals surface area contributed by atoms with Gasteiger partial charge in [0, 0.05) is 13.2 Å². The topological polar surface area (TPSA) is 40.5 Å². The minimum atomic E-state index is 0.416. The van der Waals surface area contributed by atoms with Crippen molar-refractivity contribution in [1.82, 2.24) is 0 Å². The van der Waals surface area contributed by atoms with Crippen LogP contribution in [0.25, 0.3) is 0 Å². The lowest BCUT2D eigenvalue weighted by Gasteiger charge is -2.28. The van der Waals surface area contributed by atoms with Crippen LogP contribution in [0.2, 0.25) is 0 Å². The van der Waals surface area contributed by atoms with Gasteiger partial charge in [-0.05, 0) is 73.0 Å². The molecule has 2 N–H and O–H groups in total. The van der Waals surface area contributed by atoms with E-state index in [2.05, 4.69) is 41.5 Å². The van der Waals surface area contributed by atoms with Crippen molar-refractivity contribution in [3.05, 3.63) is 0 Å². The number of aliphatic hydroxyl groups excluding tert-OH is 2. The number of hydrogen-bond acceptors (Lipinski definition) is 2. The molecule has 0 saturated heterocycles. The molecule has 2 rings (SSSR count). The molecule has 2 fully saturated rings. The Balaban J connectivity index is 0.000000380. The van der Waals surface area contributed by atoms with E-state index in [0.29, 0.717) is 25.0 Å². The highest BCUT2D eigenvalue weighted by Crippen LogP contribution is 2.33. The first-order chi connectivity index (χ1) is 18.2. The SMILES string of the molecule is CC(C)CCCC(C)CCCC1CCC(CO)CC1.CC(C)CCCC(C)CCCC1CCCC(CO)C1. The molecule has 0 aliphatic heterocycles. The van der Waals surface area contributed by atoms with E-state index in [-0.39, 0.29) is 0 Å². The van der Waals surface area contributed by atoms with E-state index in [9.17, 15) is 5.11 Å². The van der Waals surface area contributed by atoms with Crippen molar-refractivity contribution in [2.24, 2.45) is 47.3 Å². The first-order valence-corrected chi connectivity index (χ1v) is 17.4. The highest BCUT2D eigenvalue weighted by molar-refractivity contribution is 4.74. The third-order valence-corrected chi connectivity index (χ3v) is 9.95. The van der Waals surface area contributed by atoms with Crippen LogP contribution in [0, 0.1) is 47.3 Å². The van der Waals surface area contributed by atoms with Crippen LogP contribution in [0.3, 0.4) is 0 Å². The van der Waals surface area contributed by atoms with Crippen molar-refractivity contribution in [1.29, 1.82) is 0 Å². The van der Waals surface area contributed by atoms with Crippen LogP contribution in [0.15, 0.2) is 0 Å². The Morgan fingerprint density at radius 1 is 0.474 bits per heavy atom. The molecule has 2 nitrogen and oxygen atoms in total. The second-order valence-corrected chi connectivity index (χ2v) is 14.9. The molecule has 2 heteroatoms. The monoisotopic (exact) mass is 537 g/mol. The first-order valence-electron chi connectivity index (χ1n) is 17.4. The summed E-state index contributed by atoms with van der Waals surface area (Å²) in [5, 5.41) is 18.4. The molecule has 0 aromatic carbocycles. The second kappa shape index (κ2) is 22.6. The number of aliphatic hydroxyl groups is 2. The zero-order valence-electron chi connectivity index (χ0n) is 27.1. The van der Waals surface area contributed by atoms with Gasteiger partial charge in [0.15, 0.2) is 0 Å². The largest absolute Gasteiger partial charge is 0.396 e. The van der Waals surface area contributed by atoms with Crippen molar-refractivity contribution < 1.29 is 10.2 Å². The molecule has 38 heavy (non-hydrogen) atoms. The Hall–Kier alpha value is -0.0800. The number of hydrogen-bond donors (Lipinski definition) is 2. The van der Waals surface area contributed by atoms with Crippen molar-refractivity contribution in [2.45, 2.75) is 170 Å². The summed E-state index contributed by atoms with van der Waals surface area (Å²) in [7, 11) is 0. The average molecular weight is 537 g/mol. The lowest BCUT2D eigenvalue weighted by atomic mass is 9.79. The summed E-state index contributed by atoms with van der Waals surface area (Å²) >= 11 is 0. The van der Waals surface area contributed by atoms with Gasteiger partial charge < -0.3 is 10.2 Å². The summed E-state index contributed by atoms with van der Waals surface area (Å²) in [4.78, 5) is 0. The summed E-state index contributed by atoms with van der Waals surface area (Å²) in [6.07, 6.45) is 27.6. The summed E-state index contributed by atoms with van der Waals surface area (Å²) < 4.78 is 0. The van der Waals surface area contributed by atoms with E-state index in [0.717, 1.165) is 35.5 Å². The van der Waals surface area contributed by atoms with Crippen molar-refractivity contribution in [3.8, 4) is 0 Å². The Morgan fingerprint density at radius 2 is 0.895 bits per heavy atom. The van der Waals surface area contributed by atoms with Crippen LogP contribution >= 0.6 is 0 Å². The summed E-state index contributed by atoms with van der Waals surface area (Å²) in [5.74, 6) is 6.68. The molecule has 0 radical (unpaired) electrons. The normalized spacial score (nSPS) is 25.7. The summed E-state index contributed by atoms with van der Waals surface area (Å²) in [5.41, 5.74) is 0. The molecule has 0 aromatic rings. The van der Waals surface area contributed by atoms with Crippen molar-refractivity contribution in [3.63, 3.8) is 0 Å². The third kappa shape index (κ3) is 19.1. The molecule has 4 atom stereocenters. The van der Waals surface area contributed by atoms with Gasteiger partial charge in [0.1, 0.15) is 0 Å². The highest BCUT2D eigenvalue weighted by Gasteiger charge is 2.21. The fraction of sp³-hybridized carbons (Fsp3) is 1.00. The molecule has 0 aromatic heterocycles. The molecule has 0 bridgehead atoms. The molecule has 2 saturated carbocycles. The maximum absolute atomic E-state index is 9.26. The second-order valence-electron chi connectivity index (χ2n) is 14.9. The van der Waals surface area contributed by atoms with E-state index < -0.39 is 0 Å². The van der Waals surface area contributed by atoms with Gasteiger partial charge in [-0.1, -0.05) is 144 Å². The number of rotatable bonds is 18. The molecule has 0 amide bonds. The van der Waals surface area contributed by atoms with Gasteiger partial charge in [-0.3, -0.25) is 0 Å². The average Bonchev–Trinajstić information content (AvgIpc) is 2.89. The zero-order valence-corrected chi connectivity index (χ0v) is 27.1. The quantitative estimate of drug-likeness (QED) is 0.183. The smallest absolute Gasteiger partial charge is 0.0459 e. The lowest BCUT2D eigenvalue weighted by molar-refractivity contribution is 0.155. The summed E-state index contributed by atoms with van der Waals surface area (Å²) in [6, 6.07) is 0. The minimum Gasteiger partial charge on any atom is -0.396 e. The third-order valence-electron chi connectivity index (χ3n) is 9.95. The summed E-state index contributed by atoms with van der Waals surface area (Å²) in [6.45, 7) is 15.0. The van der Waals surface area contributed by atoms with Gasteiger partial charge in [-0.25, -0.2) is 0 Å². The molecule has 228 valence electrons. The van der Waals surface area contributed by atoms with Gasteiger partial charge in [0.05, 0.1) is 0 Å². The Kier molecular flexibility index (Phi) is 21.4. The van der Waals surface area contributed by atoms with E-state index in [1.807, 2.05) is 0 Å². The predicted octanol–water partition coefficient (Wildman–Crippen LogP) is 10.8. The minimum absolute atomic E-state index is 0.416. The molecular weight excluding hydrogens is 464 g/mol. The fourth-order valence-electron chi connectivity index (χ4n) is 7.08. The van der Waals surface area contributed by atoms with Gasteiger partial charge in [0.2, 0.25) is 0 Å². The highest BCUT2D eigenvalue weighted by atomic mass is 16.3. The van der Waals surface area contributed by atoms with Crippen molar-refractivity contribution >= 4 is 0 Å². The van der Waals surface area contributed by atoms with Crippen LogP contribution in [0.1, 0.15) is 170 Å². The van der Waals surface area contributed by atoms with Gasteiger partial charge in [-0.2, -0.15) is 0 Å². The van der Waals surface area contributed by atoms with Crippen LogP contribution in [-0.2, 0) is 0 Å². The molecular formula is C36H72O2. The fourth-order valence-corrected chi connectivity index (χ4v) is 7.08.